The molecule has 0 radical (unpaired) electrons. The molecular formula is C15H18ClN3O. The Hall–Kier alpha value is -1.81. The van der Waals surface area contributed by atoms with E-state index in [4.69, 9.17) is 16.3 Å². The molecule has 0 unspecified atom stereocenters. The normalized spacial score (nSPS) is 10.4. The van der Waals surface area contributed by atoms with Crippen LogP contribution in [0.1, 0.15) is 18.2 Å². The van der Waals surface area contributed by atoms with Gasteiger partial charge in [-0.25, -0.2) is 9.97 Å². The van der Waals surface area contributed by atoms with Crippen LogP contribution in [0.3, 0.4) is 0 Å². The van der Waals surface area contributed by atoms with Crippen molar-refractivity contribution >= 4 is 17.4 Å². The number of aryl methyl sites for hydroxylation is 1. The number of rotatable bonds is 4. The standard InChI is InChI=1S/C15H18ClN3O/c1-5-10-9(2)18-15(19-14(10)17-3)13-11(16)7-6-8-12(13)20-4/h6-8H,5H2,1-4H3,(H,17,18,19). The van der Waals surface area contributed by atoms with Crippen LogP contribution < -0.4 is 10.1 Å². The molecule has 0 amide bonds. The average Bonchev–Trinajstić information content (AvgIpc) is 2.45. The highest BCUT2D eigenvalue weighted by atomic mass is 35.5. The van der Waals surface area contributed by atoms with E-state index in [1.165, 1.54) is 0 Å². The number of ether oxygens (including phenoxy) is 1. The smallest absolute Gasteiger partial charge is 0.167 e. The van der Waals surface area contributed by atoms with Crippen LogP contribution in [0.25, 0.3) is 11.4 Å². The largest absolute Gasteiger partial charge is 0.496 e. The Balaban J connectivity index is 2.68. The molecule has 0 aliphatic heterocycles. The lowest BCUT2D eigenvalue weighted by atomic mass is 10.1. The first-order valence-electron chi connectivity index (χ1n) is 6.50. The highest BCUT2D eigenvalue weighted by Gasteiger charge is 2.16. The molecule has 1 heterocycles. The van der Waals surface area contributed by atoms with Gasteiger partial charge in [-0.15, -0.1) is 0 Å². The summed E-state index contributed by atoms with van der Waals surface area (Å²) >= 11 is 6.28. The summed E-state index contributed by atoms with van der Waals surface area (Å²) in [4.78, 5) is 9.15. The van der Waals surface area contributed by atoms with Gasteiger partial charge in [0.05, 0.1) is 17.7 Å². The second-order valence-corrected chi connectivity index (χ2v) is 4.79. The van der Waals surface area contributed by atoms with Gasteiger partial charge >= 0.3 is 0 Å². The van der Waals surface area contributed by atoms with Gasteiger partial charge in [0.15, 0.2) is 5.82 Å². The summed E-state index contributed by atoms with van der Waals surface area (Å²) in [5.41, 5.74) is 2.78. The maximum atomic E-state index is 6.28. The second-order valence-electron chi connectivity index (χ2n) is 4.38. The van der Waals surface area contributed by atoms with Gasteiger partial charge in [-0.1, -0.05) is 24.6 Å². The summed E-state index contributed by atoms with van der Waals surface area (Å²) in [5.74, 6) is 2.08. The van der Waals surface area contributed by atoms with E-state index in [1.807, 2.05) is 32.2 Å². The average molecular weight is 292 g/mol. The fraction of sp³-hybridized carbons (Fsp3) is 0.333. The zero-order chi connectivity index (χ0) is 14.7. The van der Waals surface area contributed by atoms with Crippen molar-refractivity contribution in [3.05, 3.63) is 34.5 Å². The van der Waals surface area contributed by atoms with Crippen molar-refractivity contribution in [2.45, 2.75) is 20.3 Å². The number of hydrogen-bond acceptors (Lipinski definition) is 4. The lowest BCUT2D eigenvalue weighted by Gasteiger charge is -2.14. The molecule has 5 heteroatoms. The van der Waals surface area contributed by atoms with Crippen LogP contribution in [-0.2, 0) is 6.42 Å². The molecule has 0 saturated carbocycles. The molecule has 0 spiro atoms. The molecule has 2 aromatic rings. The van der Waals surface area contributed by atoms with E-state index in [9.17, 15) is 0 Å². The Morgan fingerprint density at radius 2 is 2.05 bits per heavy atom. The maximum Gasteiger partial charge on any atom is 0.167 e. The molecule has 1 aromatic carbocycles. The molecule has 106 valence electrons. The number of methoxy groups -OCH3 is 1. The van der Waals surface area contributed by atoms with Crippen LogP contribution in [-0.4, -0.2) is 24.1 Å². The van der Waals surface area contributed by atoms with Crippen molar-refractivity contribution in [1.82, 2.24) is 9.97 Å². The molecule has 4 nitrogen and oxygen atoms in total. The molecule has 2 rings (SSSR count). The first-order chi connectivity index (χ1) is 9.62. The van der Waals surface area contributed by atoms with E-state index < -0.39 is 0 Å². The molecule has 20 heavy (non-hydrogen) atoms. The lowest BCUT2D eigenvalue weighted by molar-refractivity contribution is 0.416. The number of benzene rings is 1. The van der Waals surface area contributed by atoms with Crippen molar-refractivity contribution in [2.75, 3.05) is 19.5 Å². The number of halogens is 1. The van der Waals surface area contributed by atoms with Gasteiger partial charge < -0.3 is 10.1 Å². The molecule has 0 fully saturated rings. The van der Waals surface area contributed by atoms with E-state index in [0.717, 1.165) is 29.1 Å². The summed E-state index contributed by atoms with van der Waals surface area (Å²) in [6.45, 7) is 4.07. The van der Waals surface area contributed by atoms with Crippen molar-refractivity contribution in [1.29, 1.82) is 0 Å². The fourth-order valence-electron chi connectivity index (χ4n) is 2.23. The van der Waals surface area contributed by atoms with Gasteiger partial charge in [0, 0.05) is 18.3 Å². The van der Waals surface area contributed by atoms with Gasteiger partial charge in [0.25, 0.3) is 0 Å². The zero-order valence-electron chi connectivity index (χ0n) is 12.1. The van der Waals surface area contributed by atoms with Crippen LogP contribution >= 0.6 is 11.6 Å². The monoisotopic (exact) mass is 291 g/mol. The zero-order valence-corrected chi connectivity index (χ0v) is 12.9. The third kappa shape index (κ3) is 2.56. The number of hydrogen-bond donors (Lipinski definition) is 1. The van der Waals surface area contributed by atoms with E-state index in [-0.39, 0.29) is 0 Å². The quantitative estimate of drug-likeness (QED) is 0.932. The van der Waals surface area contributed by atoms with Gasteiger partial charge in [0.2, 0.25) is 0 Å². The highest BCUT2D eigenvalue weighted by Crippen LogP contribution is 2.35. The van der Waals surface area contributed by atoms with E-state index in [2.05, 4.69) is 22.2 Å². The predicted octanol–water partition coefficient (Wildman–Crippen LogP) is 3.72. The van der Waals surface area contributed by atoms with Crippen molar-refractivity contribution in [2.24, 2.45) is 0 Å². The molecule has 0 aliphatic rings. The summed E-state index contributed by atoms with van der Waals surface area (Å²) in [5, 5.41) is 3.70. The lowest BCUT2D eigenvalue weighted by Crippen LogP contribution is -2.05. The third-order valence-electron chi connectivity index (χ3n) is 3.22. The van der Waals surface area contributed by atoms with Crippen molar-refractivity contribution in [3.63, 3.8) is 0 Å². The van der Waals surface area contributed by atoms with E-state index in [0.29, 0.717) is 16.6 Å². The molecule has 1 aromatic heterocycles. The molecule has 1 N–H and O–H groups in total. The topological polar surface area (TPSA) is 47.0 Å². The Labute approximate surface area is 124 Å². The number of aromatic nitrogens is 2. The molecular weight excluding hydrogens is 274 g/mol. The summed E-state index contributed by atoms with van der Waals surface area (Å²) < 4.78 is 5.37. The Morgan fingerprint density at radius 3 is 2.65 bits per heavy atom. The SMILES string of the molecule is CCc1c(C)nc(-c2c(Cl)cccc2OC)nc1NC. The predicted molar refractivity (Wildman–Crippen MR) is 82.7 cm³/mol. The minimum atomic E-state index is 0.575. The Morgan fingerprint density at radius 1 is 1.30 bits per heavy atom. The van der Waals surface area contributed by atoms with Crippen LogP contribution in [0, 0.1) is 6.92 Å². The van der Waals surface area contributed by atoms with Crippen LogP contribution in [0.5, 0.6) is 5.75 Å². The van der Waals surface area contributed by atoms with E-state index >= 15 is 0 Å². The minimum Gasteiger partial charge on any atom is -0.496 e. The maximum absolute atomic E-state index is 6.28. The molecule has 0 aliphatic carbocycles. The van der Waals surface area contributed by atoms with Gasteiger partial charge in [-0.05, 0) is 25.5 Å². The van der Waals surface area contributed by atoms with E-state index in [1.54, 1.807) is 7.11 Å². The Kier molecular flexibility index (Phi) is 4.45. The third-order valence-corrected chi connectivity index (χ3v) is 3.54. The fourth-order valence-corrected chi connectivity index (χ4v) is 2.48. The van der Waals surface area contributed by atoms with Crippen molar-refractivity contribution < 1.29 is 4.74 Å². The summed E-state index contributed by atoms with van der Waals surface area (Å²) in [7, 11) is 3.47. The molecule has 0 atom stereocenters. The van der Waals surface area contributed by atoms with Crippen LogP contribution in [0.2, 0.25) is 5.02 Å². The van der Waals surface area contributed by atoms with Crippen LogP contribution in [0.4, 0.5) is 5.82 Å². The van der Waals surface area contributed by atoms with Gasteiger partial charge in [-0.2, -0.15) is 0 Å². The van der Waals surface area contributed by atoms with Crippen LogP contribution in [0.15, 0.2) is 18.2 Å². The minimum absolute atomic E-state index is 0.575. The second kappa shape index (κ2) is 6.09. The number of nitrogens with zero attached hydrogens (tertiary/aromatic N) is 2. The summed E-state index contributed by atoms with van der Waals surface area (Å²) in [6, 6.07) is 5.51. The Bertz CT molecular complexity index is 629. The number of anilines is 1. The number of nitrogens with one attached hydrogen (secondary N) is 1. The molecule has 0 saturated heterocycles. The first-order valence-corrected chi connectivity index (χ1v) is 6.88. The van der Waals surface area contributed by atoms with Gasteiger partial charge in [-0.3, -0.25) is 0 Å². The van der Waals surface area contributed by atoms with Gasteiger partial charge in [0.1, 0.15) is 11.6 Å². The highest BCUT2D eigenvalue weighted by molar-refractivity contribution is 6.33. The first kappa shape index (κ1) is 14.6. The van der Waals surface area contributed by atoms with Crippen molar-refractivity contribution in [3.8, 4) is 17.1 Å². The molecule has 0 bridgehead atoms. The summed E-state index contributed by atoms with van der Waals surface area (Å²) in [6.07, 6.45) is 0.877.